The summed E-state index contributed by atoms with van der Waals surface area (Å²) < 4.78 is 85.9. The van der Waals surface area contributed by atoms with Crippen molar-refractivity contribution in [1.29, 1.82) is 0 Å². The Balaban J connectivity index is 0. The SMILES string of the molecule is CCCCCCCCCCCCC/C=C/[C@@H](O)[C@H](CO[C@@H]1O[C@H](COS(=O)(=O)[O-])[C@H](O)[C@H](O)[C@H]1OS(=O)(=O)[O-])NC(=O)CCCCC.[Na+].[Na+]. The Morgan fingerprint density at radius 3 is 1.90 bits per heavy atom. The predicted octanol–water partition coefficient (Wildman–Crippen LogP) is -3.54. The van der Waals surface area contributed by atoms with Gasteiger partial charge in [-0.25, -0.2) is 16.8 Å². The summed E-state index contributed by atoms with van der Waals surface area (Å²) in [6.07, 6.45) is 8.23. The molecule has 1 amide bonds. The van der Waals surface area contributed by atoms with Crippen LogP contribution in [0.15, 0.2) is 12.2 Å². The van der Waals surface area contributed by atoms with E-state index >= 15 is 0 Å². The fraction of sp³-hybridized carbons (Fsp3) is 0.900. The number of aliphatic hydroxyl groups is 3. The molecule has 1 fully saturated rings. The number of carbonyl (C=O) groups is 1. The fourth-order valence-corrected chi connectivity index (χ4v) is 5.88. The standard InChI is InChI=1S/C30H57NO14S2.2Na/c1-3-5-7-8-9-10-11-12-13-14-15-16-18-19-24(32)23(31-26(33)20-17-6-4-2)21-42-30-29(45-47(39,40)41)28(35)27(34)25(44-30)22-43-46(36,37)38;;/h18-19,23-25,27-30,32,34-35H,3-17,20-22H2,1-2H3,(H,31,33)(H,36,37,38)(H,39,40,41);;/q;2*+1/p-2/b19-18+;;/t23-,24+,25+,27-,28-,29+,30+;;/m0../s1. The Hall–Kier alpha value is 0.750. The maximum absolute atomic E-state index is 12.6. The van der Waals surface area contributed by atoms with E-state index in [1.807, 2.05) is 6.92 Å². The molecule has 4 N–H and O–H groups in total. The van der Waals surface area contributed by atoms with E-state index in [9.17, 15) is 46.1 Å². The predicted molar refractivity (Wildman–Crippen MR) is 169 cm³/mol. The van der Waals surface area contributed by atoms with Crippen LogP contribution in [0.3, 0.4) is 0 Å². The van der Waals surface area contributed by atoms with Crippen LogP contribution in [0.1, 0.15) is 117 Å². The first-order valence-electron chi connectivity index (χ1n) is 16.7. The summed E-state index contributed by atoms with van der Waals surface area (Å²) in [5, 5.41) is 34.3. The smallest absolute Gasteiger partial charge is 0.726 e. The monoisotopic (exact) mass is 763 g/mol. The zero-order valence-corrected chi connectivity index (χ0v) is 35.2. The molecular formula is C30H55NNa2O14S2. The second-order valence-corrected chi connectivity index (χ2v) is 14.0. The molecule has 1 aliphatic heterocycles. The van der Waals surface area contributed by atoms with Crippen molar-refractivity contribution < 1.29 is 123 Å². The van der Waals surface area contributed by atoms with Crippen molar-refractivity contribution in [3.05, 3.63) is 12.2 Å². The molecule has 0 saturated carbocycles. The summed E-state index contributed by atoms with van der Waals surface area (Å²) >= 11 is 0. The molecule has 1 heterocycles. The first-order chi connectivity index (χ1) is 22.2. The van der Waals surface area contributed by atoms with Gasteiger partial charge in [0.15, 0.2) is 12.4 Å². The van der Waals surface area contributed by atoms with Crippen molar-refractivity contribution in [2.75, 3.05) is 13.2 Å². The number of ether oxygens (including phenoxy) is 2. The normalized spacial score (nSPS) is 22.6. The molecule has 0 aliphatic carbocycles. The zero-order valence-electron chi connectivity index (χ0n) is 29.6. The number of nitrogens with one attached hydrogen (secondary N) is 1. The van der Waals surface area contributed by atoms with Gasteiger partial charge in [-0.05, 0) is 19.3 Å². The molecule has 278 valence electrons. The molecule has 0 unspecified atom stereocenters. The van der Waals surface area contributed by atoms with Crippen molar-refractivity contribution in [2.45, 2.75) is 159 Å². The van der Waals surface area contributed by atoms with Crippen molar-refractivity contribution in [2.24, 2.45) is 0 Å². The Kier molecular flexibility index (Phi) is 30.8. The number of unbranched alkanes of at least 4 members (excludes halogenated alkanes) is 13. The minimum atomic E-state index is -5.47. The Bertz CT molecular complexity index is 1100. The van der Waals surface area contributed by atoms with Gasteiger partial charge in [-0.2, -0.15) is 0 Å². The molecule has 0 spiro atoms. The number of rotatable bonds is 27. The van der Waals surface area contributed by atoms with Crippen LogP contribution in [0, 0.1) is 0 Å². The van der Waals surface area contributed by atoms with E-state index in [2.05, 4.69) is 20.6 Å². The van der Waals surface area contributed by atoms with Crippen molar-refractivity contribution in [3.8, 4) is 0 Å². The van der Waals surface area contributed by atoms with E-state index in [1.165, 1.54) is 57.4 Å². The molecule has 19 heteroatoms. The molecule has 0 aromatic rings. The molecule has 1 saturated heterocycles. The average molecular weight is 764 g/mol. The number of hydrogen-bond donors (Lipinski definition) is 4. The van der Waals surface area contributed by atoms with Gasteiger partial charge in [0, 0.05) is 6.42 Å². The van der Waals surface area contributed by atoms with Gasteiger partial charge in [-0.15, -0.1) is 0 Å². The average Bonchev–Trinajstić information content (AvgIpc) is 2.99. The molecule has 1 aliphatic rings. The summed E-state index contributed by atoms with van der Waals surface area (Å²) in [5.41, 5.74) is 0. The van der Waals surface area contributed by atoms with E-state index in [-0.39, 0.29) is 65.5 Å². The van der Waals surface area contributed by atoms with Crippen LogP contribution in [0.2, 0.25) is 0 Å². The number of allylic oxidation sites excluding steroid dienone is 1. The van der Waals surface area contributed by atoms with Crippen molar-refractivity contribution in [3.63, 3.8) is 0 Å². The topological polar surface area (TPSA) is 241 Å². The summed E-state index contributed by atoms with van der Waals surface area (Å²) in [4.78, 5) is 12.6. The number of hydrogen-bond acceptors (Lipinski definition) is 14. The third-order valence-electron chi connectivity index (χ3n) is 7.76. The minimum absolute atomic E-state index is 0. The largest absolute Gasteiger partial charge is 1.00 e. The van der Waals surface area contributed by atoms with E-state index in [0.29, 0.717) is 12.8 Å². The van der Waals surface area contributed by atoms with Crippen molar-refractivity contribution >= 4 is 26.7 Å². The minimum Gasteiger partial charge on any atom is -0.726 e. The quantitative estimate of drug-likeness (QED) is 0.0209. The Labute approximate surface area is 337 Å². The van der Waals surface area contributed by atoms with Crippen LogP contribution in [-0.4, -0.2) is 103 Å². The second kappa shape index (κ2) is 29.2. The second-order valence-electron chi connectivity index (χ2n) is 11.9. The maximum atomic E-state index is 12.6. The van der Waals surface area contributed by atoms with Crippen LogP contribution < -0.4 is 64.4 Å². The molecular weight excluding hydrogens is 708 g/mol. The van der Waals surface area contributed by atoms with Crippen LogP contribution in [0.4, 0.5) is 0 Å². The van der Waals surface area contributed by atoms with Gasteiger partial charge in [-0.3, -0.25) is 13.2 Å². The van der Waals surface area contributed by atoms with Gasteiger partial charge in [-0.1, -0.05) is 103 Å². The molecule has 0 bridgehead atoms. The molecule has 0 aromatic carbocycles. The number of carbonyl (C=O) groups excluding carboxylic acids is 1. The van der Waals surface area contributed by atoms with Gasteiger partial charge in [0.25, 0.3) is 0 Å². The first kappa shape index (κ1) is 51.9. The molecule has 1 rings (SSSR count). The summed E-state index contributed by atoms with van der Waals surface area (Å²) in [7, 11) is -10.7. The van der Waals surface area contributed by atoms with Crippen molar-refractivity contribution in [1.82, 2.24) is 5.32 Å². The zero-order chi connectivity index (χ0) is 35.3. The van der Waals surface area contributed by atoms with Crippen LogP contribution in [0.25, 0.3) is 0 Å². The van der Waals surface area contributed by atoms with E-state index in [1.54, 1.807) is 6.08 Å². The summed E-state index contributed by atoms with van der Waals surface area (Å²) in [6, 6.07) is -1.11. The molecule has 0 aromatic heterocycles. The van der Waals surface area contributed by atoms with Gasteiger partial charge >= 0.3 is 59.1 Å². The molecule has 15 nitrogen and oxygen atoms in total. The summed E-state index contributed by atoms with van der Waals surface area (Å²) in [5.74, 6) is -0.397. The van der Waals surface area contributed by atoms with Crippen LogP contribution in [-0.2, 0) is 43.4 Å². The number of amides is 1. The number of aliphatic hydroxyl groups excluding tert-OH is 3. The summed E-state index contributed by atoms with van der Waals surface area (Å²) in [6.45, 7) is 2.54. The third-order valence-corrected chi connectivity index (χ3v) is 8.65. The molecule has 49 heavy (non-hydrogen) atoms. The maximum Gasteiger partial charge on any atom is 1.00 e. The Morgan fingerprint density at radius 1 is 0.837 bits per heavy atom. The van der Waals surface area contributed by atoms with Gasteiger partial charge in [0.1, 0.15) is 18.3 Å². The Morgan fingerprint density at radius 2 is 1.37 bits per heavy atom. The van der Waals surface area contributed by atoms with Crippen LogP contribution >= 0.6 is 0 Å². The van der Waals surface area contributed by atoms with Gasteiger partial charge in [0.05, 0.1) is 25.4 Å². The van der Waals surface area contributed by atoms with Gasteiger partial charge < -0.3 is 39.2 Å². The van der Waals surface area contributed by atoms with Crippen LogP contribution in [0.5, 0.6) is 0 Å². The van der Waals surface area contributed by atoms with Gasteiger partial charge in [0.2, 0.25) is 26.7 Å². The fourth-order valence-electron chi connectivity index (χ4n) is 5.10. The molecule has 7 atom stereocenters. The van der Waals surface area contributed by atoms with E-state index in [4.69, 9.17) is 9.47 Å². The molecule has 0 radical (unpaired) electrons. The first-order valence-corrected chi connectivity index (χ1v) is 19.4. The third kappa shape index (κ3) is 25.4. The van der Waals surface area contributed by atoms with E-state index in [0.717, 1.165) is 32.1 Å². The van der Waals surface area contributed by atoms with E-state index < -0.39 is 82.8 Å².